The lowest BCUT2D eigenvalue weighted by molar-refractivity contribution is -0.142. The highest BCUT2D eigenvalue weighted by molar-refractivity contribution is 7.87. The van der Waals surface area contributed by atoms with Crippen LogP contribution in [0, 0.1) is 5.92 Å². The third kappa shape index (κ3) is 4.17. The molecule has 1 atom stereocenters. The van der Waals surface area contributed by atoms with Gasteiger partial charge in [-0.1, -0.05) is 13.3 Å². The van der Waals surface area contributed by atoms with E-state index in [1.165, 1.54) is 0 Å². The van der Waals surface area contributed by atoms with Crippen molar-refractivity contribution in [3.05, 3.63) is 0 Å². The second kappa shape index (κ2) is 7.07. The number of nitrogens with one attached hydrogen (secondary N) is 1. The molecule has 21 heavy (non-hydrogen) atoms. The van der Waals surface area contributed by atoms with Crippen LogP contribution >= 0.6 is 0 Å². The van der Waals surface area contributed by atoms with Gasteiger partial charge in [0.2, 0.25) is 0 Å². The Morgan fingerprint density at radius 2 is 1.86 bits per heavy atom. The monoisotopic (exact) mass is 318 g/mol. The second-order valence-corrected chi connectivity index (χ2v) is 7.86. The summed E-state index contributed by atoms with van der Waals surface area (Å²) in [7, 11) is -3.70. The molecular weight excluding hydrogens is 292 g/mol. The van der Waals surface area contributed by atoms with Crippen LogP contribution in [-0.4, -0.2) is 42.4 Å². The number of nitrogens with zero attached hydrogens (tertiary/aromatic N) is 1. The molecule has 0 bridgehead atoms. The van der Waals surface area contributed by atoms with Gasteiger partial charge in [0.25, 0.3) is 10.2 Å². The molecule has 0 spiro atoms. The highest BCUT2D eigenvalue weighted by Gasteiger charge is 2.38. The van der Waals surface area contributed by atoms with Crippen LogP contribution in [0.15, 0.2) is 0 Å². The van der Waals surface area contributed by atoms with Gasteiger partial charge in [-0.05, 0) is 50.9 Å². The van der Waals surface area contributed by atoms with Crippen LogP contribution in [0.1, 0.15) is 58.3 Å². The summed E-state index contributed by atoms with van der Waals surface area (Å²) in [5.74, 6) is -0.345. The molecule has 1 heterocycles. The van der Waals surface area contributed by atoms with Crippen molar-refractivity contribution < 1.29 is 18.3 Å². The number of piperidine rings is 1. The molecule has 0 radical (unpaired) electrons. The zero-order chi connectivity index (χ0) is 15.5. The standard InChI is InChI=1S/C14H26N2O4S/c1-2-11-6-8-12(9-7-11)15-21(19,20)16-10-4-3-5-13(16)14(17)18/h11-13,15H,2-10H2,1H3,(H,17,18). The van der Waals surface area contributed by atoms with Crippen LogP contribution < -0.4 is 4.72 Å². The van der Waals surface area contributed by atoms with Crippen LogP contribution in [0.2, 0.25) is 0 Å². The summed E-state index contributed by atoms with van der Waals surface area (Å²) in [4.78, 5) is 11.3. The normalized spacial score (nSPS) is 32.0. The van der Waals surface area contributed by atoms with E-state index in [2.05, 4.69) is 11.6 Å². The number of hydrogen-bond acceptors (Lipinski definition) is 3. The Labute approximate surface area is 127 Å². The van der Waals surface area contributed by atoms with Gasteiger partial charge in [-0.25, -0.2) is 0 Å². The molecule has 1 saturated carbocycles. The molecule has 0 aromatic rings. The molecule has 7 heteroatoms. The molecular formula is C14H26N2O4S. The summed E-state index contributed by atoms with van der Waals surface area (Å²) in [6.07, 6.45) is 6.84. The quantitative estimate of drug-likeness (QED) is 0.808. The number of aliphatic carboxylic acids is 1. The third-order valence-electron chi connectivity index (χ3n) is 4.79. The number of carbonyl (C=O) groups is 1. The first-order valence-corrected chi connectivity index (χ1v) is 9.40. The van der Waals surface area contributed by atoms with E-state index in [9.17, 15) is 18.3 Å². The minimum atomic E-state index is -3.70. The van der Waals surface area contributed by atoms with Crippen molar-refractivity contribution >= 4 is 16.2 Å². The molecule has 122 valence electrons. The van der Waals surface area contributed by atoms with Gasteiger partial charge in [0.1, 0.15) is 6.04 Å². The topological polar surface area (TPSA) is 86.7 Å². The summed E-state index contributed by atoms with van der Waals surface area (Å²) in [6.45, 7) is 2.47. The SMILES string of the molecule is CCC1CCC(NS(=O)(=O)N2CCCCC2C(=O)O)CC1. The summed E-state index contributed by atoms with van der Waals surface area (Å²) in [6, 6.07) is -0.961. The highest BCUT2D eigenvalue weighted by Crippen LogP contribution is 2.28. The van der Waals surface area contributed by atoms with Gasteiger partial charge in [-0.15, -0.1) is 0 Å². The summed E-state index contributed by atoms with van der Waals surface area (Å²) in [5.41, 5.74) is 0. The number of carboxylic acids is 1. The lowest BCUT2D eigenvalue weighted by Gasteiger charge is -2.35. The molecule has 6 nitrogen and oxygen atoms in total. The van der Waals surface area contributed by atoms with Gasteiger partial charge in [0, 0.05) is 12.6 Å². The minimum absolute atomic E-state index is 0.0471. The average Bonchev–Trinajstić information content (AvgIpc) is 2.47. The molecule has 2 aliphatic rings. The molecule has 2 N–H and O–H groups in total. The smallest absolute Gasteiger partial charge is 0.322 e. The Morgan fingerprint density at radius 1 is 1.19 bits per heavy atom. The molecule has 2 fully saturated rings. The van der Waals surface area contributed by atoms with Crippen molar-refractivity contribution in [2.24, 2.45) is 5.92 Å². The van der Waals surface area contributed by atoms with E-state index < -0.39 is 22.2 Å². The fourth-order valence-electron chi connectivity index (χ4n) is 3.41. The Hall–Kier alpha value is -0.660. The van der Waals surface area contributed by atoms with Gasteiger partial charge in [0.05, 0.1) is 0 Å². The van der Waals surface area contributed by atoms with Crippen molar-refractivity contribution in [2.75, 3.05) is 6.54 Å². The van der Waals surface area contributed by atoms with E-state index in [1.54, 1.807) is 0 Å². The van der Waals surface area contributed by atoms with Crippen molar-refractivity contribution in [1.82, 2.24) is 9.03 Å². The van der Waals surface area contributed by atoms with Crippen molar-refractivity contribution in [1.29, 1.82) is 0 Å². The fraction of sp³-hybridized carbons (Fsp3) is 0.929. The average molecular weight is 318 g/mol. The third-order valence-corrected chi connectivity index (χ3v) is 6.47. The molecule has 2 rings (SSSR count). The van der Waals surface area contributed by atoms with Crippen LogP contribution in [0.5, 0.6) is 0 Å². The zero-order valence-electron chi connectivity index (χ0n) is 12.6. The predicted molar refractivity (Wildman–Crippen MR) is 80.1 cm³/mol. The highest BCUT2D eigenvalue weighted by atomic mass is 32.2. The summed E-state index contributed by atoms with van der Waals surface area (Å²) in [5, 5.41) is 9.21. The second-order valence-electron chi connectivity index (χ2n) is 6.21. The van der Waals surface area contributed by atoms with Gasteiger partial charge in [-0.3, -0.25) is 4.79 Å². The van der Waals surface area contributed by atoms with Crippen molar-refractivity contribution in [2.45, 2.75) is 70.4 Å². The number of hydrogen-bond donors (Lipinski definition) is 2. The fourth-order valence-corrected chi connectivity index (χ4v) is 5.10. The Bertz CT molecular complexity index is 458. The maximum Gasteiger partial charge on any atom is 0.322 e. The van der Waals surface area contributed by atoms with Gasteiger partial charge in [-0.2, -0.15) is 17.4 Å². The molecule has 0 aromatic heterocycles. The molecule has 0 aromatic carbocycles. The Balaban J connectivity index is 1.99. The molecule has 0 amide bonds. The van der Waals surface area contributed by atoms with E-state index in [0.29, 0.717) is 18.9 Å². The number of carboxylic acid groups (broad SMARTS) is 1. The van der Waals surface area contributed by atoms with Crippen LogP contribution in [-0.2, 0) is 15.0 Å². The molecule has 1 unspecified atom stereocenters. The van der Waals surface area contributed by atoms with Crippen LogP contribution in [0.4, 0.5) is 0 Å². The summed E-state index contributed by atoms with van der Waals surface area (Å²) >= 11 is 0. The zero-order valence-corrected chi connectivity index (χ0v) is 13.4. The van der Waals surface area contributed by atoms with Gasteiger partial charge < -0.3 is 5.11 Å². The van der Waals surface area contributed by atoms with E-state index in [4.69, 9.17) is 0 Å². The minimum Gasteiger partial charge on any atom is -0.480 e. The Kier molecular flexibility index (Phi) is 5.62. The van der Waals surface area contributed by atoms with Gasteiger partial charge in [0.15, 0.2) is 0 Å². The van der Waals surface area contributed by atoms with Crippen molar-refractivity contribution in [3.63, 3.8) is 0 Å². The molecule has 1 aliphatic heterocycles. The van der Waals surface area contributed by atoms with Gasteiger partial charge >= 0.3 is 5.97 Å². The first-order chi connectivity index (χ1) is 9.94. The van der Waals surface area contributed by atoms with Crippen LogP contribution in [0.3, 0.4) is 0 Å². The first kappa shape index (κ1) is 16.7. The molecule has 1 aliphatic carbocycles. The van der Waals surface area contributed by atoms with Crippen molar-refractivity contribution in [3.8, 4) is 0 Å². The maximum atomic E-state index is 12.5. The van der Waals surface area contributed by atoms with E-state index in [1.807, 2.05) is 0 Å². The largest absolute Gasteiger partial charge is 0.480 e. The molecule has 1 saturated heterocycles. The van der Waals surface area contributed by atoms with E-state index in [0.717, 1.165) is 49.3 Å². The Morgan fingerprint density at radius 3 is 2.43 bits per heavy atom. The first-order valence-electron chi connectivity index (χ1n) is 7.96. The lowest BCUT2D eigenvalue weighted by atomic mass is 9.85. The number of rotatable bonds is 5. The van der Waals surface area contributed by atoms with E-state index >= 15 is 0 Å². The van der Waals surface area contributed by atoms with Crippen LogP contribution in [0.25, 0.3) is 0 Å². The maximum absolute atomic E-state index is 12.5. The predicted octanol–water partition coefficient (Wildman–Crippen LogP) is 1.73. The summed E-state index contributed by atoms with van der Waals surface area (Å²) < 4.78 is 28.8. The van der Waals surface area contributed by atoms with E-state index in [-0.39, 0.29) is 6.04 Å². The lowest BCUT2D eigenvalue weighted by Crippen LogP contribution is -2.54.